The Bertz CT molecular complexity index is 633. The fourth-order valence-corrected chi connectivity index (χ4v) is 1.58. The van der Waals surface area contributed by atoms with Crippen molar-refractivity contribution in [2.75, 3.05) is 0 Å². The molecular formula is C11H2F2N2O. The van der Waals surface area contributed by atoms with Gasteiger partial charge in [-0.25, -0.2) is 8.78 Å². The van der Waals surface area contributed by atoms with E-state index in [9.17, 15) is 13.6 Å². The lowest BCUT2D eigenvalue weighted by molar-refractivity contribution is 0.104. The Hall–Kier alpha value is -2.53. The number of hydrogen-bond donors (Lipinski definition) is 0. The molecule has 16 heavy (non-hydrogen) atoms. The molecular weight excluding hydrogens is 214 g/mol. The highest BCUT2D eigenvalue weighted by molar-refractivity contribution is 6.24. The van der Waals surface area contributed by atoms with E-state index in [-0.39, 0.29) is 5.56 Å². The van der Waals surface area contributed by atoms with Gasteiger partial charge >= 0.3 is 0 Å². The van der Waals surface area contributed by atoms with Crippen LogP contribution in [0.25, 0.3) is 5.57 Å². The van der Waals surface area contributed by atoms with Crippen LogP contribution in [0.3, 0.4) is 0 Å². The van der Waals surface area contributed by atoms with Gasteiger partial charge in [0.15, 0.2) is 11.6 Å². The lowest BCUT2D eigenvalue weighted by Gasteiger charge is -2.00. The lowest BCUT2D eigenvalue weighted by atomic mass is 10.1. The number of fused-ring (bicyclic) bond motifs is 1. The number of ketones is 1. The Kier molecular flexibility index (Phi) is 2.03. The van der Waals surface area contributed by atoms with Gasteiger partial charge < -0.3 is 0 Å². The van der Waals surface area contributed by atoms with E-state index < -0.39 is 34.1 Å². The molecule has 0 unspecified atom stereocenters. The van der Waals surface area contributed by atoms with Gasteiger partial charge in [-0.15, -0.1) is 0 Å². The molecule has 76 valence electrons. The van der Waals surface area contributed by atoms with Gasteiger partial charge in [0.05, 0.1) is 5.57 Å². The van der Waals surface area contributed by atoms with Gasteiger partial charge in [0.1, 0.15) is 17.7 Å². The van der Waals surface area contributed by atoms with Crippen molar-refractivity contribution in [1.29, 1.82) is 10.5 Å². The largest absolute Gasteiger partial charge is 0.288 e. The van der Waals surface area contributed by atoms with E-state index in [1.165, 1.54) is 6.07 Å². The zero-order valence-electron chi connectivity index (χ0n) is 7.71. The Morgan fingerprint density at radius 2 is 1.69 bits per heavy atom. The molecule has 0 saturated heterocycles. The summed E-state index contributed by atoms with van der Waals surface area (Å²) < 4.78 is 26.3. The van der Waals surface area contributed by atoms with Crippen LogP contribution < -0.4 is 0 Å². The Morgan fingerprint density at radius 3 is 2.25 bits per heavy atom. The van der Waals surface area contributed by atoms with Crippen LogP contribution in [0.5, 0.6) is 0 Å². The number of rotatable bonds is 0. The summed E-state index contributed by atoms with van der Waals surface area (Å²) in [5.41, 5.74) is -1.41. The first-order chi connectivity index (χ1) is 7.61. The van der Waals surface area contributed by atoms with Crippen molar-refractivity contribution in [2.45, 2.75) is 0 Å². The summed E-state index contributed by atoms with van der Waals surface area (Å²) in [5.74, 6) is -3.17. The van der Waals surface area contributed by atoms with E-state index in [0.29, 0.717) is 0 Å². The van der Waals surface area contributed by atoms with Crippen molar-refractivity contribution < 1.29 is 13.6 Å². The van der Waals surface area contributed by atoms with E-state index in [4.69, 9.17) is 10.5 Å². The molecule has 0 heterocycles. The fourth-order valence-electron chi connectivity index (χ4n) is 1.58. The van der Waals surface area contributed by atoms with Crippen molar-refractivity contribution in [3.63, 3.8) is 0 Å². The SMILES string of the molecule is N#CC1=C(C#N)c2c(ccc(F)c2F)C1=O. The number of carbonyl (C=O) groups excluding carboxylic acids is 1. The maximum absolute atomic E-state index is 13.4. The van der Waals surface area contributed by atoms with Crippen molar-refractivity contribution in [2.24, 2.45) is 0 Å². The number of nitriles is 2. The van der Waals surface area contributed by atoms with Gasteiger partial charge in [0, 0.05) is 11.1 Å². The summed E-state index contributed by atoms with van der Waals surface area (Å²) >= 11 is 0. The number of benzene rings is 1. The maximum Gasteiger partial charge on any atom is 0.205 e. The predicted octanol–water partition coefficient (Wildman–Crippen LogP) is 1.96. The molecule has 0 aliphatic heterocycles. The summed E-state index contributed by atoms with van der Waals surface area (Å²) in [4.78, 5) is 11.5. The summed E-state index contributed by atoms with van der Waals surface area (Å²) in [6.45, 7) is 0. The highest BCUT2D eigenvalue weighted by Gasteiger charge is 2.33. The first-order valence-corrected chi connectivity index (χ1v) is 4.19. The molecule has 1 aliphatic rings. The molecule has 5 heteroatoms. The average Bonchev–Trinajstić information content (AvgIpc) is 2.56. The topological polar surface area (TPSA) is 64.7 Å². The van der Waals surface area contributed by atoms with Crippen LogP contribution in [0.2, 0.25) is 0 Å². The second-order valence-electron chi connectivity index (χ2n) is 3.09. The minimum Gasteiger partial charge on any atom is -0.288 e. The van der Waals surface area contributed by atoms with E-state index >= 15 is 0 Å². The number of halogens is 2. The molecule has 0 spiro atoms. The number of Topliss-reactive ketones (excluding diaryl/α,β-unsaturated/α-hetero) is 1. The minimum atomic E-state index is -1.27. The summed E-state index contributed by atoms with van der Waals surface area (Å²) in [7, 11) is 0. The van der Waals surface area contributed by atoms with Crippen molar-refractivity contribution in [1.82, 2.24) is 0 Å². The zero-order chi connectivity index (χ0) is 11.9. The van der Waals surface area contributed by atoms with Crippen molar-refractivity contribution in [3.8, 4) is 12.1 Å². The van der Waals surface area contributed by atoms with Crippen LogP contribution in [0, 0.1) is 34.3 Å². The smallest absolute Gasteiger partial charge is 0.205 e. The van der Waals surface area contributed by atoms with Crippen LogP contribution in [-0.2, 0) is 0 Å². The van der Waals surface area contributed by atoms with E-state index in [0.717, 1.165) is 12.1 Å². The van der Waals surface area contributed by atoms with Crippen LogP contribution in [-0.4, -0.2) is 5.78 Å². The fraction of sp³-hybridized carbons (Fsp3) is 0. The first-order valence-electron chi connectivity index (χ1n) is 4.19. The van der Waals surface area contributed by atoms with Gasteiger partial charge in [-0.3, -0.25) is 4.79 Å². The Morgan fingerprint density at radius 1 is 1.06 bits per heavy atom. The van der Waals surface area contributed by atoms with E-state index in [2.05, 4.69) is 0 Å². The summed E-state index contributed by atoms with van der Waals surface area (Å²) in [6.07, 6.45) is 0. The standard InChI is InChI=1S/C11H2F2N2O/c12-8-2-1-5-9(10(8)13)6(3-14)7(4-15)11(5)16/h1-2H. The lowest BCUT2D eigenvalue weighted by Crippen LogP contribution is -1.99. The number of allylic oxidation sites excluding steroid dienone is 2. The first kappa shape index (κ1) is 10.0. The van der Waals surface area contributed by atoms with Gasteiger partial charge in [0.25, 0.3) is 0 Å². The molecule has 0 fully saturated rings. The third-order valence-corrected chi connectivity index (χ3v) is 2.29. The number of nitrogens with zero attached hydrogens (tertiary/aromatic N) is 2. The molecule has 3 nitrogen and oxygen atoms in total. The van der Waals surface area contributed by atoms with E-state index in [1.807, 2.05) is 0 Å². The number of carbonyl (C=O) groups is 1. The van der Waals surface area contributed by atoms with Crippen LogP contribution in [0.1, 0.15) is 15.9 Å². The third kappa shape index (κ3) is 1.06. The van der Waals surface area contributed by atoms with Gasteiger partial charge in [-0.1, -0.05) is 0 Å². The van der Waals surface area contributed by atoms with Crippen LogP contribution in [0.4, 0.5) is 8.78 Å². The summed E-state index contributed by atoms with van der Waals surface area (Å²) in [6, 6.07) is 4.94. The molecule has 0 saturated carbocycles. The monoisotopic (exact) mass is 216 g/mol. The molecule has 2 rings (SSSR count). The summed E-state index contributed by atoms with van der Waals surface area (Å²) in [5, 5.41) is 17.4. The quantitative estimate of drug-likeness (QED) is 0.665. The molecule has 0 radical (unpaired) electrons. The van der Waals surface area contributed by atoms with Gasteiger partial charge in [-0.2, -0.15) is 10.5 Å². The molecule has 1 aliphatic carbocycles. The van der Waals surface area contributed by atoms with Crippen molar-refractivity contribution >= 4 is 11.4 Å². The van der Waals surface area contributed by atoms with Gasteiger partial charge in [-0.05, 0) is 12.1 Å². The molecule has 0 bridgehead atoms. The molecule has 0 N–H and O–H groups in total. The normalized spacial score (nSPS) is 13.4. The molecule has 1 aromatic rings. The second kappa shape index (κ2) is 3.25. The third-order valence-electron chi connectivity index (χ3n) is 2.29. The second-order valence-corrected chi connectivity index (χ2v) is 3.09. The highest BCUT2D eigenvalue weighted by Crippen LogP contribution is 2.34. The van der Waals surface area contributed by atoms with Gasteiger partial charge in [0.2, 0.25) is 5.78 Å². The highest BCUT2D eigenvalue weighted by atomic mass is 19.2. The Balaban J connectivity index is 2.88. The Labute approximate surface area is 88.8 Å². The van der Waals surface area contributed by atoms with E-state index in [1.54, 1.807) is 6.07 Å². The number of hydrogen-bond acceptors (Lipinski definition) is 3. The average molecular weight is 216 g/mol. The molecule has 0 amide bonds. The van der Waals surface area contributed by atoms with Crippen molar-refractivity contribution in [3.05, 3.63) is 40.5 Å². The van der Waals surface area contributed by atoms with Crippen LogP contribution in [0.15, 0.2) is 17.7 Å². The predicted molar refractivity (Wildman–Crippen MR) is 48.8 cm³/mol. The maximum atomic E-state index is 13.4. The molecule has 1 aromatic carbocycles. The molecule has 0 atom stereocenters. The minimum absolute atomic E-state index is 0.146. The zero-order valence-corrected chi connectivity index (χ0v) is 7.71. The molecule has 0 aromatic heterocycles. The van der Waals surface area contributed by atoms with Crippen LogP contribution >= 0.6 is 0 Å².